The molecule has 0 amide bonds. The van der Waals surface area contributed by atoms with Gasteiger partial charge in [0.1, 0.15) is 0 Å². The van der Waals surface area contributed by atoms with E-state index in [0.717, 1.165) is 5.56 Å². The first-order valence-electron chi connectivity index (χ1n) is 6.72. The third kappa shape index (κ3) is 3.89. The van der Waals surface area contributed by atoms with Gasteiger partial charge in [-0.2, -0.15) is 0 Å². The van der Waals surface area contributed by atoms with E-state index in [-0.39, 0.29) is 11.8 Å². The van der Waals surface area contributed by atoms with Crippen molar-refractivity contribution in [1.82, 2.24) is 4.98 Å². The summed E-state index contributed by atoms with van der Waals surface area (Å²) < 4.78 is 0. The lowest BCUT2D eigenvalue weighted by Crippen LogP contribution is -2.18. The molecule has 21 heavy (non-hydrogen) atoms. The fraction of sp³-hybridized carbons (Fsp3) is 0.188. The second kappa shape index (κ2) is 7.19. The fourth-order valence-electron chi connectivity index (χ4n) is 1.96. The van der Waals surface area contributed by atoms with E-state index in [2.05, 4.69) is 10.1 Å². The third-order valence-corrected chi connectivity index (χ3v) is 3.10. The number of nitrogens with two attached hydrogens (primary N) is 1. The van der Waals surface area contributed by atoms with Crippen molar-refractivity contribution >= 4 is 11.8 Å². The largest absolute Gasteiger partial charge is 0.380 e. The normalized spacial score (nSPS) is 12.7. The maximum absolute atomic E-state index is 12.1. The van der Waals surface area contributed by atoms with E-state index in [1.165, 1.54) is 0 Å². The smallest absolute Gasteiger partial charge is 0.342 e. The van der Waals surface area contributed by atoms with Crippen LogP contribution in [0.5, 0.6) is 0 Å². The van der Waals surface area contributed by atoms with Gasteiger partial charge in [-0.3, -0.25) is 4.98 Å². The summed E-state index contributed by atoms with van der Waals surface area (Å²) in [6.45, 7) is 1.93. The number of rotatable bonds is 5. The van der Waals surface area contributed by atoms with Gasteiger partial charge in [0.25, 0.3) is 0 Å². The average molecular weight is 283 g/mol. The van der Waals surface area contributed by atoms with Crippen LogP contribution in [-0.4, -0.2) is 16.8 Å². The molecule has 0 bridgehead atoms. The third-order valence-electron chi connectivity index (χ3n) is 3.10. The number of pyridine rings is 1. The van der Waals surface area contributed by atoms with Crippen LogP contribution in [0.2, 0.25) is 0 Å². The van der Waals surface area contributed by atoms with E-state index in [9.17, 15) is 4.79 Å². The van der Waals surface area contributed by atoms with E-state index in [1.807, 2.05) is 37.3 Å². The average Bonchev–Trinajstić information content (AvgIpc) is 2.55. The Kier molecular flexibility index (Phi) is 5.04. The maximum Gasteiger partial charge on any atom is 0.342 e. The molecule has 0 saturated heterocycles. The summed E-state index contributed by atoms with van der Waals surface area (Å²) in [6.07, 6.45) is 3.82. The molecule has 5 nitrogen and oxygen atoms in total. The summed E-state index contributed by atoms with van der Waals surface area (Å²) in [5.74, 6) is -0.616. The van der Waals surface area contributed by atoms with Crippen LogP contribution in [0.4, 0.5) is 0 Å². The maximum atomic E-state index is 12.1. The Bertz CT molecular complexity index is 612. The zero-order valence-electron chi connectivity index (χ0n) is 11.8. The number of benzene rings is 1. The minimum Gasteiger partial charge on any atom is -0.380 e. The molecule has 0 aliphatic heterocycles. The van der Waals surface area contributed by atoms with Crippen molar-refractivity contribution in [2.75, 3.05) is 0 Å². The summed E-state index contributed by atoms with van der Waals surface area (Å²) in [5, 5.41) is 3.71. The topological polar surface area (TPSA) is 77.6 Å². The molecule has 0 aliphatic rings. The molecule has 0 radical (unpaired) electrons. The standard InChI is InChI=1S/C16H17N3O2/c1-2-14(12-6-4-3-5-7-12)16(20)21-19-15(17)13-8-10-18-11-9-13/h3-11,14H,2H2,1H3,(H2,17,19)/t14-/m0/s1. The molecule has 1 aromatic carbocycles. The summed E-state index contributed by atoms with van der Waals surface area (Å²) in [6, 6.07) is 12.9. The van der Waals surface area contributed by atoms with Gasteiger partial charge in [-0.25, -0.2) is 4.79 Å². The highest BCUT2D eigenvalue weighted by atomic mass is 16.7. The molecule has 1 atom stereocenters. The van der Waals surface area contributed by atoms with Gasteiger partial charge < -0.3 is 10.6 Å². The van der Waals surface area contributed by atoms with E-state index >= 15 is 0 Å². The molecule has 1 aromatic heterocycles. The van der Waals surface area contributed by atoms with Crippen LogP contribution in [0.1, 0.15) is 30.4 Å². The highest BCUT2D eigenvalue weighted by molar-refractivity contribution is 5.97. The molecule has 0 aliphatic carbocycles. The number of amidine groups is 1. The first-order valence-corrected chi connectivity index (χ1v) is 6.72. The van der Waals surface area contributed by atoms with Gasteiger partial charge >= 0.3 is 5.97 Å². The van der Waals surface area contributed by atoms with Crippen molar-refractivity contribution in [2.45, 2.75) is 19.3 Å². The number of oxime groups is 1. The number of hydrogen-bond acceptors (Lipinski definition) is 4. The Morgan fingerprint density at radius 1 is 1.24 bits per heavy atom. The van der Waals surface area contributed by atoms with Crippen molar-refractivity contribution in [2.24, 2.45) is 10.9 Å². The van der Waals surface area contributed by atoms with Crippen LogP contribution < -0.4 is 5.73 Å². The second-order valence-electron chi connectivity index (χ2n) is 4.49. The highest BCUT2D eigenvalue weighted by Crippen LogP contribution is 2.20. The van der Waals surface area contributed by atoms with Gasteiger partial charge in [0.2, 0.25) is 0 Å². The van der Waals surface area contributed by atoms with Gasteiger partial charge in [-0.05, 0) is 24.1 Å². The number of nitrogens with zero attached hydrogens (tertiary/aromatic N) is 2. The summed E-state index contributed by atoms with van der Waals surface area (Å²) >= 11 is 0. The van der Waals surface area contributed by atoms with Crippen molar-refractivity contribution in [3.8, 4) is 0 Å². The predicted octanol–water partition coefficient (Wildman–Crippen LogP) is 2.44. The summed E-state index contributed by atoms with van der Waals surface area (Å²) in [4.78, 5) is 21.0. The van der Waals surface area contributed by atoms with Crippen molar-refractivity contribution in [1.29, 1.82) is 0 Å². The molecule has 0 spiro atoms. The van der Waals surface area contributed by atoms with Crippen LogP contribution >= 0.6 is 0 Å². The molecule has 2 rings (SSSR count). The zero-order valence-corrected chi connectivity index (χ0v) is 11.8. The van der Waals surface area contributed by atoms with E-state index in [4.69, 9.17) is 10.6 Å². The Balaban J connectivity index is 2.07. The second-order valence-corrected chi connectivity index (χ2v) is 4.49. The summed E-state index contributed by atoms with van der Waals surface area (Å²) in [7, 11) is 0. The monoisotopic (exact) mass is 283 g/mol. The first-order chi connectivity index (χ1) is 10.2. The van der Waals surface area contributed by atoms with Crippen LogP contribution in [0, 0.1) is 0 Å². The Labute approximate surface area is 123 Å². The SMILES string of the molecule is CC[C@H](C(=O)O/N=C(/N)c1ccncc1)c1ccccc1. The van der Waals surface area contributed by atoms with E-state index in [1.54, 1.807) is 24.5 Å². The van der Waals surface area contributed by atoms with Crippen LogP contribution in [0.3, 0.4) is 0 Å². The zero-order chi connectivity index (χ0) is 15.1. The number of hydrogen-bond donors (Lipinski definition) is 1. The first kappa shape index (κ1) is 14.7. The molecule has 2 aromatic rings. The van der Waals surface area contributed by atoms with Crippen molar-refractivity contribution in [3.05, 3.63) is 66.0 Å². The lowest BCUT2D eigenvalue weighted by Gasteiger charge is -2.11. The van der Waals surface area contributed by atoms with E-state index < -0.39 is 5.97 Å². The Hall–Kier alpha value is -2.69. The quantitative estimate of drug-likeness (QED) is 0.396. The van der Waals surface area contributed by atoms with Crippen molar-refractivity contribution < 1.29 is 9.63 Å². The lowest BCUT2D eigenvalue weighted by atomic mass is 9.97. The van der Waals surface area contributed by atoms with Crippen LogP contribution in [-0.2, 0) is 9.63 Å². The molecule has 0 unspecified atom stereocenters. The molecule has 108 valence electrons. The number of carbonyl (C=O) groups excluding carboxylic acids is 1. The van der Waals surface area contributed by atoms with Gasteiger partial charge in [-0.1, -0.05) is 42.4 Å². The number of carbonyl (C=O) groups is 1. The molecular weight excluding hydrogens is 266 g/mol. The molecular formula is C16H17N3O2. The minimum absolute atomic E-state index is 0.147. The molecule has 0 saturated carbocycles. The molecule has 1 heterocycles. The molecule has 0 fully saturated rings. The Morgan fingerprint density at radius 3 is 2.52 bits per heavy atom. The molecule has 5 heteroatoms. The predicted molar refractivity (Wildman–Crippen MR) is 80.5 cm³/mol. The van der Waals surface area contributed by atoms with Gasteiger partial charge in [0.05, 0.1) is 5.92 Å². The summed E-state index contributed by atoms with van der Waals surface area (Å²) in [5.41, 5.74) is 7.33. The van der Waals surface area contributed by atoms with Gasteiger partial charge in [-0.15, -0.1) is 0 Å². The van der Waals surface area contributed by atoms with Crippen LogP contribution in [0.25, 0.3) is 0 Å². The fourth-order valence-corrected chi connectivity index (χ4v) is 1.96. The van der Waals surface area contributed by atoms with E-state index in [0.29, 0.717) is 12.0 Å². The lowest BCUT2D eigenvalue weighted by molar-refractivity contribution is -0.145. The minimum atomic E-state index is -0.416. The van der Waals surface area contributed by atoms with Gasteiger partial charge in [0, 0.05) is 18.0 Å². The highest BCUT2D eigenvalue weighted by Gasteiger charge is 2.20. The van der Waals surface area contributed by atoms with Crippen molar-refractivity contribution in [3.63, 3.8) is 0 Å². The Morgan fingerprint density at radius 2 is 1.90 bits per heavy atom. The molecule has 2 N–H and O–H groups in total. The number of aromatic nitrogens is 1. The van der Waals surface area contributed by atoms with Crippen LogP contribution in [0.15, 0.2) is 60.0 Å². The van der Waals surface area contributed by atoms with Gasteiger partial charge in [0.15, 0.2) is 5.84 Å².